The van der Waals surface area contributed by atoms with Crippen molar-refractivity contribution < 1.29 is 9.50 Å². The van der Waals surface area contributed by atoms with Crippen LogP contribution in [-0.2, 0) is 0 Å². The van der Waals surface area contributed by atoms with Gasteiger partial charge in [-0.2, -0.15) is 0 Å². The highest BCUT2D eigenvalue weighted by Gasteiger charge is 2.14. The van der Waals surface area contributed by atoms with Gasteiger partial charge in [-0.25, -0.2) is 9.37 Å². The second-order valence-corrected chi connectivity index (χ2v) is 4.68. The van der Waals surface area contributed by atoms with E-state index in [2.05, 4.69) is 4.98 Å². The summed E-state index contributed by atoms with van der Waals surface area (Å²) in [6, 6.07) is 4.16. The van der Waals surface area contributed by atoms with Crippen LogP contribution in [0, 0.1) is 5.82 Å². The van der Waals surface area contributed by atoms with Gasteiger partial charge in [0.15, 0.2) is 5.13 Å². The quantitative estimate of drug-likeness (QED) is 0.871. The highest BCUT2D eigenvalue weighted by atomic mass is 35.5. The highest BCUT2D eigenvalue weighted by Crippen LogP contribution is 2.29. The topological polar surface area (TPSA) is 59.1 Å². The number of halogens is 2. The molecule has 3 N–H and O–H groups in total. The third-order valence-corrected chi connectivity index (χ3v) is 3.26. The number of rotatable bonds is 2. The Hall–Kier alpha value is -1.17. The van der Waals surface area contributed by atoms with E-state index in [1.54, 1.807) is 6.07 Å². The minimum Gasteiger partial charge on any atom is -0.383 e. The van der Waals surface area contributed by atoms with Gasteiger partial charge in [0.05, 0.1) is 9.90 Å². The van der Waals surface area contributed by atoms with E-state index in [1.165, 1.54) is 18.3 Å². The summed E-state index contributed by atoms with van der Waals surface area (Å²) in [5.74, 6) is -0.560. The Kier molecular flexibility index (Phi) is 3.09. The summed E-state index contributed by atoms with van der Waals surface area (Å²) in [6.07, 6.45) is 0.540. The van der Waals surface area contributed by atoms with Gasteiger partial charge in [0, 0.05) is 6.20 Å². The summed E-state index contributed by atoms with van der Waals surface area (Å²) >= 11 is 6.71. The lowest BCUT2D eigenvalue weighted by Crippen LogP contribution is -1.97. The number of nitrogen functional groups attached to an aromatic ring is 1. The van der Waals surface area contributed by atoms with E-state index in [0.29, 0.717) is 15.6 Å². The molecule has 1 atom stereocenters. The monoisotopic (exact) mass is 258 g/mol. The first kappa shape index (κ1) is 11.3. The number of aliphatic hydroxyl groups is 1. The van der Waals surface area contributed by atoms with Crippen LogP contribution in [0.3, 0.4) is 0 Å². The molecule has 0 saturated heterocycles. The predicted octanol–water partition coefficient (Wildman–Crippen LogP) is 2.60. The summed E-state index contributed by atoms with van der Waals surface area (Å²) in [7, 11) is 0. The third kappa shape index (κ3) is 2.16. The van der Waals surface area contributed by atoms with Crippen molar-refractivity contribution in [2.45, 2.75) is 6.10 Å². The zero-order valence-electron chi connectivity index (χ0n) is 8.02. The summed E-state index contributed by atoms with van der Waals surface area (Å²) in [5, 5.41) is 10.3. The molecule has 0 fully saturated rings. The lowest BCUT2D eigenvalue weighted by Gasteiger charge is -2.08. The van der Waals surface area contributed by atoms with Crippen LogP contribution in [0.1, 0.15) is 16.5 Å². The van der Waals surface area contributed by atoms with Crippen molar-refractivity contribution in [2.24, 2.45) is 0 Å². The molecular weight excluding hydrogens is 251 g/mol. The molecule has 0 bridgehead atoms. The SMILES string of the molecule is Nc1ncc(C(O)c2ccc(Cl)c(F)c2)s1. The van der Waals surface area contributed by atoms with Gasteiger partial charge in [-0.15, -0.1) is 0 Å². The molecule has 2 aromatic rings. The molecule has 3 nitrogen and oxygen atoms in total. The molecule has 0 radical (unpaired) electrons. The van der Waals surface area contributed by atoms with E-state index in [0.717, 1.165) is 11.3 Å². The molecular formula is C10H8ClFN2OS. The molecule has 0 aliphatic rings. The van der Waals surface area contributed by atoms with Crippen LogP contribution < -0.4 is 5.73 Å². The molecule has 1 aromatic carbocycles. The molecule has 0 amide bonds. The second kappa shape index (κ2) is 4.37. The number of benzene rings is 1. The van der Waals surface area contributed by atoms with Crippen LogP contribution in [0.25, 0.3) is 0 Å². The zero-order valence-corrected chi connectivity index (χ0v) is 9.60. The molecule has 0 saturated carbocycles. The molecule has 6 heteroatoms. The minimum absolute atomic E-state index is 0.0276. The first-order valence-corrected chi connectivity index (χ1v) is 5.61. The van der Waals surface area contributed by atoms with Crippen LogP contribution in [0.4, 0.5) is 9.52 Å². The van der Waals surface area contributed by atoms with Crippen LogP contribution in [-0.4, -0.2) is 10.1 Å². The number of thiazole rings is 1. The van der Waals surface area contributed by atoms with Crippen molar-refractivity contribution in [3.63, 3.8) is 0 Å². The average Bonchev–Trinajstić information content (AvgIpc) is 2.68. The Bertz CT molecular complexity index is 517. The van der Waals surface area contributed by atoms with Gasteiger partial charge in [0.1, 0.15) is 11.9 Å². The number of anilines is 1. The fourth-order valence-electron chi connectivity index (χ4n) is 1.27. The van der Waals surface area contributed by atoms with E-state index >= 15 is 0 Å². The van der Waals surface area contributed by atoms with E-state index in [-0.39, 0.29) is 5.02 Å². The molecule has 1 heterocycles. The minimum atomic E-state index is -0.929. The first-order chi connectivity index (χ1) is 7.58. The largest absolute Gasteiger partial charge is 0.383 e. The summed E-state index contributed by atoms with van der Waals surface area (Å²) in [4.78, 5) is 4.39. The molecule has 0 spiro atoms. The number of hydrogen-bond acceptors (Lipinski definition) is 4. The smallest absolute Gasteiger partial charge is 0.180 e. The van der Waals surface area contributed by atoms with Gasteiger partial charge in [-0.3, -0.25) is 0 Å². The Morgan fingerprint density at radius 3 is 2.81 bits per heavy atom. The van der Waals surface area contributed by atoms with Crippen molar-refractivity contribution in [3.8, 4) is 0 Å². The Labute approximate surface area is 100 Å². The van der Waals surface area contributed by atoms with Gasteiger partial charge in [0.25, 0.3) is 0 Å². The third-order valence-electron chi connectivity index (χ3n) is 2.07. The molecule has 84 valence electrons. The van der Waals surface area contributed by atoms with E-state index in [1.807, 2.05) is 0 Å². The van der Waals surface area contributed by atoms with E-state index < -0.39 is 11.9 Å². The summed E-state index contributed by atoms with van der Waals surface area (Å²) in [6.45, 7) is 0. The maximum atomic E-state index is 13.2. The molecule has 2 rings (SSSR count). The van der Waals surface area contributed by atoms with Crippen LogP contribution in [0.5, 0.6) is 0 Å². The lowest BCUT2D eigenvalue weighted by molar-refractivity contribution is 0.223. The fourth-order valence-corrected chi connectivity index (χ4v) is 2.09. The number of hydrogen-bond donors (Lipinski definition) is 2. The Morgan fingerprint density at radius 2 is 2.25 bits per heavy atom. The van der Waals surface area contributed by atoms with Crippen molar-refractivity contribution >= 4 is 28.1 Å². The van der Waals surface area contributed by atoms with Gasteiger partial charge in [-0.05, 0) is 17.7 Å². The predicted molar refractivity (Wildman–Crippen MR) is 62.0 cm³/mol. The fraction of sp³-hybridized carbons (Fsp3) is 0.100. The standard InChI is InChI=1S/C10H8ClFN2OS/c11-6-2-1-5(3-7(6)12)9(15)8-4-14-10(13)16-8/h1-4,9,15H,(H2,13,14). The van der Waals surface area contributed by atoms with Crippen molar-refractivity contribution in [1.82, 2.24) is 4.98 Å². The summed E-state index contributed by atoms with van der Waals surface area (Å²) < 4.78 is 13.2. The molecule has 0 aliphatic heterocycles. The van der Waals surface area contributed by atoms with Crippen LogP contribution in [0.15, 0.2) is 24.4 Å². The van der Waals surface area contributed by atoms with Gasteiger partial charge < -0.3 is 10.8 Å². The van der Waals surface area contributed by atoms with E-state index in [9.17, 15) is 9.50 Å². The molecule has 16 heavy (non-hydrogen) atoms. The van der Waals surface area contributed by atoms with Gasteiger partial charge >= 0.3 is 0 Å². The van der Waals surface area contributed by atoms with E-state index in [4.69, 9.17) is 17.3 Å². The molecule has 1 unspecified atom stereocenters. The zero-order chi connectivity index (χ0) is 11.7. The molecule has 1 aromatic heterocycles. The lowest BCUT2D eigenvalue weighted by atomic mass is 10.1. The van der Waals surface area contributed by atoms with Crippen molar-refractivity contribution in [3.05, 3.63) is 45.7 Å². The Morgan fingerprint density at radius 1 is 1.50 bits per heavy atom. The number of nitrogens with zero attached hydrogens (tertiary/aromatic N) is 1. The van der Waals surface area contributed by atoms with Crippen LogP contribution in [0.2, 0.25) is 5.02 Å². The average molecular weight is 259 g/mol. The van der Waals surface area contributed by atoms with Crippen molar-refractivity contribution in [1.29, 1.82) is 0 Å². The normalized spacial score (nSPS) is 12.7. The number of aromatic nitrogens is 1. The first-order valence-electron chi connectivity index (χ1n) is 4.42. The van der Waals surface area contributed by atoms with Crippen molar-refractivity contribution in [2.75, 3.05) is 5.73 Å². The van der Waals surface area contributed by atoms with Gasteiger partial charge in [0.2, 0.25) is 0 Å². The maximum absolute atomic E-state index is 13.2. The summed E-state index contributed by atoms with van der Waals surface area (Å²) in [5.41, 5.74) is 5.87. The highest BCUT2D eigenvalue weighted by molar-refractivity contribution is 7.15. The number of aliphatic hydroxyl groups excluding tert-OH is 1. The second-order valence-electron chi connectivity index (χ2n) is 3.18. The number of nitrogens with two attached hydrogens (primary N) is 1. The van der Waals surface area contributed by atoms with Crippen LogP contribution >= 0.6 is 22.9 Å². The maximum Gasteiger partial charge on any atom is 0.180 e. The molecule has 0 aliphatic carbocycles. The van der Waals surface area contributed by atoms with Gasteiger partial charge in [-0.1, -0.05) is 29.0 Å². The Balaban J connectivity index is 2.33.